The van der Waals surface area contributed by atoms with Crippen LogP contribution >= 0.6 is 0 Å². The van der Waals surface area contributed by atoms with Crippen LogP contribution in [0, 0.1) is 0 Å². The van der Waals surface area contributed by atoms with E-state index in [0.717, 1.165) is 31.6 Å². The van der Waals surface area contributed by atoms with E-state index in [4.69, 9.17) is 0 Å². The van der Waals surface area contributed by atoms with Crippen LogP contribution in [0.1, 0.15) is 22.8 Å². The van der Waals surface area contributed by atoms with Crippen molar-refractivity contribution in [3.05, 3.63) is 35.4 Å². The highest BCUT2D eigenvalue weighted by Crippen LogP contribution is 2.31. The topological polar surface area (TPSA) is 32.3 Å². The molecule has 16 heavy (non-hydrogen) atoms. The van der Waals surface area contributed by atoms with Crippen molar-refractivity contribution >= 4 is 5.91 Å². The number of carbonyl (C=O) groups is 1. The molecular weight excluding hydrogens is 200 g/mol. The Hall–Kier alpha value is -1.35. The number of nitrogens with one attached hydrogen (secondary N) is 1. The van der Waals surface area contributed by atoms with Gasteiger partial charge in [0.2, 0.25) is 0 Å². The zero-order valence-electron chi connectivity index (χ0n) is 9.49. The van der Waals surface area contributed by atoms with Crippen LogP contribution in [0.2, 0.25) is 0 Å². The number of piperazine rings is 1. The average Bonchev–Trinajstić information content (AvgIpc) is 2.28. The van der Waals surface area contributed by atoms with Gasteiger partial charge in [-0.15, -0.1) is 0 Å². The van der Waals surface area contributed by atoms with Crippen molar-refractivity contribution in [2.45, 2.75) is 18.9 Å². The standard InChI is InChI=1S/C13H16N2O/c1-13-8-10-4-2-3-5-11(10)12(16)15(13)7-6-14-9-13/h2-5,14H,6-9H2,1H3/t13-/m1/s1. The second-order valence-corrected chi connectivity index (χ2v) is 4.96. The molecule has 1 atom stereocenters. The summed E-state index contributed by atoms with van der Waals surface area (Å²) in [4.78, 5) is 14.4. The summed E-state index contributed by atoms with van der Waals surface area (Å²) in [6.07, 6.45) is 0.960. The lowest BCUT2D eigenvalue weighted by Crippen LogP contribution is -2.64. The minimum absolute atomic E-state index is 0.0380. The van der Waals surface area contributed by atoms with E-state index in [1.165, 1.54) is 5.56 Å². The summed E-state index contributed by atoms with van der Waals surface area (Å²) < 4.78 is 0. The number of amides is 1. The van der Waals surface area contributed by atoms with Crippen molar-refractivity contribution in [3.8, 4) is 0 Å². The van der Waals surface area contributed by atoms with E-state index in [1.54, 1.807) is 0 Å². The van der Waals surface area contributed by atoms with E-state index in [9.17, 15) is 4.79 Å². The van der Waals surface area contributed by atoms with Crippen LogP contribution in [-0.4, -0.2) is 36.0 Å². The summed E-state index contributed by atoms with van der Waals surface area (Å²) in [6.45, 7) is 4.80. The fraction of sp³-hybridized carbons (Fsp3) is 0.462. The molecule has 0 aromatic heterocycles. The summed E-state index contributed by atoms with van der Waals surface area (Å²) in [5.74, 6) is 0.200. The summed E-state index contributed by atoms with van der Waals surface area (Å²) in [7, 11) is 0. The van der Waals surface area contributed by atoms with Crippen molar-refractivity contribution in [2.24, 2.45) is 0 Å². The molecule has 1 aromatic rings. The maximum atomic E-state index is 12.4. The molecule has 3 rings (SSSR count). The Kier molecular flexibility index (Phi) is 2.04. The van der Waals surface area contributed by atoms with Gasteiger partial charge >= 0.3 is 0 Å². The predicted molar refractivity (Wildman–Crippen MR) is 62.5 cm³/mol. The van der Waals surface area contributed by atoms with Crippen LogP contribution < -0.4 is 5.32 Å². The average molecular weight is 216 g/mol. The quantitative estimate of drug-likeness (QED) is 0.703. The molecule has 2 heterocycles. The van der Waals surface area contributed by atoms with Gasteiger partial charge in [0.15, 0.2) is 0 Å². The third-order valence-corrected chi connectivity index (χ3v) is 3.73. The number of nitrogens with zero attached hydrogens (tertiary/aromatic N) is 1. The van der Waals surface area contributed by atoms with Gasteiger partial charge < -0.3 is 10.2 Å². The van der Waals surface area contributed by atoms with Crippen molar-refractivity contribution < 1.29 is 4.79 Å². The third-order valence-electron chi connectivity index (χ3n) is 3.73. The Balaban J connectivity index is 2.09. The van der Waals surface area contributed by atoms with Crippen molar-refractivity contribution in [2.75, 3.05) is 19.6 Å². The summed E-state index contributed by atoms with van der Waals surface area (Å²) in [5.41, 5.74) is 2.04. The molecule has 0 unspecified atom stereocenters. The molecular formula is C13H16N2O. The number of rotatable bonds is 0. The summed E-state index contributed by atoms with van der Waals surface area (Å²) in [5, 5.41) is 3.38. The second-order valence-electron chi connectivity index (χ2n) is 4.96. The summed E-state index contributed by atoms with van der Waals surface area (Å²) >= 11 is 0. The Morgan fingerprint density at radius 1 is 1.38 bits per heavy atom. The van der Waals surface area contributed by atoms with Crippen LogP contribution in [0.3, 0.4) is 0 Å². The Labute approximate surface area is 95.4 Å². The van der Waals surface area contributed by atoms with Crippen LogP contribution in [0.25, 0.3) is 0 Å². The molecule has 1 aromatic carbocycles. The highest BCUT2D eigenvalue weighted by Gasteiger charge is 2.42. The van der Waals surface area contributed by atoms with Gasteiger partial charge in [-0.2, -0.15) is 0 Å². The fourth-order valence-corrected chi connectivity index (χ4v) is 2.86. The zero-order valence-corrected chi connectivity index (χ0v) is 9.49. The van der Waals surface area contributed by atoms with Crippen LogP contribution in [0.4, 0.5) is 0 Å². The van der Waals surface area contributed by atoms with Crippen LogP contribution in [-0.2, 0) is 6.42 Å². The van der Waals surface area contributed by atoms with Crippen molar-refractivity contribution in [3.63, 3.8) is 0 Å². The lowest BCUT2D eigenvalue weighted by molar-refractivity contribution is 0.0381. The highest BCUT2D eigenvalue weighted by atomic mass is 16.2. The Morgan fingerprint density at radius 2 is 2.19 bits per heavy atom. The van der Waals surface area contributed by atoms with Gasteiger partial charge in [-0.3, -0.25) is 4.79 Å². The largest absolute Gasteiger partial charge is 0.330 e. The zero-order chi connectivity index (χ0) is 11.2. The van der Waals surface area contributed by atoms with E-state index in [0.29, 0.717) is 0 Å². The molecule has 0 radical (unpaired) electrons. The van der Waals surface area contributed by atoms with Gasteiger partial charge in [-0.05, 0) is 25.0 Å². The number of hydrogen-bond donors (Lipinski definition) is 1. The van der Waals surface area contributed by atoms with Gasteiger partial charge in [0.1, 0.15) is 0 Å². The molecule has 0 aliphatic carbocycles. The molecule has 1 N–H and O–H groups in total. The SMILES string of the molecule is C[C@@]12CNCCN1C(=O)c1ccccc1C2. The van der Waals surface area contributed by atoms with Gasteiger partial charge in [0.05, 0.1) is 5.54 Å². The first kappa shape index (κ1) is 9.85. The van der Waals surface area contributed by atoms with Gasteiger partial charge in [-0.25, -0.2) is 0 Å². The minimum atomic E-state index is -0.0380. The molecule has 1 fully saturated rings. The Morgan fingerprint density at radius 3 is 3.06 bits per heavy atom. The number of fused-ring (bicyclic) bond motifs is 2. The molecule has 1 saturated heterocycles. The van der Waals surface area contributed by atoms with Crippen LogP contribution in [0.15, 0.2) is 24.3 Å². The number of carbonyl (C=O) groups excluding carboxylic acids is 1. The Bertz CT molecular complexity index is 443. The normalized spacial score (nSPS) is 28.6. The molecule has 0 spiro atoms. The van der Waals surface area contributed by atoms with E-state index < -0.39 is 0 Å². The molecule has 84 valence electrons. The van der Waals surface area contributed by atoms with Crippen LogP contribution in [0.5, 0.6) is 0 Å². The number of hydrogen-bond acceptors (Lipinski definition) is 2. The monoisotopic (exact) mass is 216 g/mol. The van der Waals surface area contributed by atoms with E-state index in [2.05, 4.69) is 18.3 Å². The molecule has 2 aliphatic heterocycles. The molecule has 3 heteroatoms. The maximum absolute atomic E-state index is 12.4. The first-order valence-electron chi connectivity index (χ1n) is 5.81. The molecule has 3 nitrogen and oxygen atoms in total. The molecule has 1 amide bonds. The molecule has 2 aliphatic rings. The van der Waals surface area contributed by atoms with Gasteiger partial charge in [-0.1, -0.05) is 18.2 Å². The third kappa shape index (κ3) is 1.28. The van der Waals surface area contributed by atoms with E-state index in [1.807, 2.05) is 23.1 Å². The first-order chi connectivity index (χ1) is 7.71. The lowest BCUT2D eigenvalue weighted by atomic mass is 9.82. The highest BCUT2D eigenvalue weighted by molar-refractivity contribution is 5.97. The van der Waals surface area contributed by atoms with Gasteiger partial charge in [0, 0.05) is 25.2 Å². The summed E-state index contributed by atoms with van der Waals surface area (Å²) in [6, 6.07) is 7.98. The van der Waals surface area contributed by atoms with Crippen molar-refractivity contribution in [1.29, 1.82) is 0 Å². The van der Waals surface area contributed by atoms with Gasteiger partial charge in [0.25, 0.3) is 5.91 Å². The fourth-order valence-electron chi connectivity index (χ4n) is 2.86. The minimum Gasteiger partial charge on any atom is -0.330 e. The lowest BCUT2D eigenvalue weighted by Gasteiger charge is -2.48. The number of benzene rings is 1. The molecule has 0 saturated carbocycles. The van der Waals surface area contributed by atoms with Crippen molar-refractivity contribution in [1.82, 2.24) is 10.2 Å². The smallest absolute Gasteiger partial charge is 0.254 e. The van der Waals surface area contributed by atoms with E-state index in [-0.39, 0.29) is 11.4 Å². The second kappa shape index (κ2) is 3.32. The van der Waals surface area contributed by atoms with E-state index >= 15 is 0 Å². The predicted octanol–water partition coefficient (Wildman–Crippen LogP) is 1.05. The first-order valence-corrected chi connectivity index (χ1v) is 5.81. The maximum Gasteiger partial charge on any atom is 0.254 e. The molecule has 0 bridgehead atoms.